The fraction of sp³-hybridized carbons (Fsp3) is 0.455. The van der Waals surface area contributed by atoms with Crippen molar-refractivity contribution in [1.29, 1.82) is 0 Å². The molecular weight excluding hydrogens is 360 g/mol. The van der Waals surface area contributed by atoms with E-state index in [9.17, 15) is 0 Å². The molecule has 1 saturated heterocycles. The molecule has 5 heteroatoms. The van der Waals surface area contributed by atoms with Gasteiger partial charge in [-0.2, -0.15) is 0 Å². The first-order valence-corrected chi connectivity index (χ1v) is 10.2. The van der Waals surface area contributed by atoms with Crippen LogP contribution in [0.15, 0.2) is 42.5 Å². The minimum atomic E-state index is 0.491. The molecule has 146 valence electrons. The van der Waals surface area contributed by atoms with Crippen molar-refractivity contribution in [3.63, 3.8) is 0 Å². The van der Waals surface area contributed by atoms with E-state index in [4.69, 9.17) is 21.1 Å². The third-order valence-corrected chi connectivity index (χ3v) is 5.21. The Bertz CT molecular complexity index is 703. The number of ether oxygens (including phenoxy) is 2. The predicted octanol–water partition coefficient (Wildman–Crippen LogP) is 4.41. The standard InChI is InChI=1S/C22H29ClN2O2/c1-2-26-21-12-19(15-25-14-17-8-10-24-11-9-17)20(23)13-22(21)27-16-18-6-4-3-5-7-18/h3-7,12-13,17,24-25H,2,8-11,14-16H2,1H3. The molecule has 1 heterocycles. The lowest BCUT2D eigenvalue weighted by Crippen LogP contribution is -2.33. The molecule has 0 aliphatic carbocycles. The Kier molecular flexibility index (Phi) is 7.81. The number of nitrogens with one attached hydrogen (secondary N) is 2. The van der Waals surface area contributed by atoms with Gasteiger partial charge in [-0.1, -0.05) is 41.9 Å². The van der Waals surface area contributed by atoms with Crippen LogP contribution in [-0.2, 0) is 13.2 Å². The highest BCUT2D eigenvalue weighted by molar-refractivity contribution is 6.31. The van der Waals surface area contributed by atoms with Crippen LogP contribution in [-0.4, -0.2) is 26.2 Å². The highest BCUT2D eigenvalue weighted by atomic mass is 35.5. The molecule has 0 aromatic heterocycles. The first-order chi connectivity index (χ1) is 13.3. The Balaban J connectivity index is 1.61. The minimum Gasteiger partial charge on any atom is -0.490 e. The highest BCUT2D eigenvalue weighted by Crippen LogP contribution is 2.34. The van der Waals surface area contributed by atoms with E-state index in [1.54, 1.807) is 0 Å². The maximum Gasteiger partial charge on any atom is 0.163 e. The molecule has 2 aromatic carbocycles. The fourth-order valence-corrected chi connectivity index (χ4v) is 3.55. The maximum atomic E-state index is 6.52. The number of hydrogen-bond donors (Lipinski definition) is 2. The lowest BCUT2D eigenvalue weighted by atomic mass is 9.98. The van der Waals surface area contributed by atoms with Gasteiger partial charge in [0.2, 0.25) is 0 Å². The molecule has 1 aliphatic rings. The van der Waals surface area contributed by atoms with E-state index in [0.717, 1.165) is 49.0 Å². The summed E-state index contributed by atoms with van der Waals surface area (Å²) in [6.07, 6.45) is 2.47. The third kappa shape index (κ3) is 6.13. The van der Waals surface area contributed by atoms with Gasteiger partial charge in [-0.3, -0.25) is 0 Å². The van der Waals surface area contributed by atoms with Crippen LogP contribution in [0.2, 0.25) is 5.02 Å². The smallest absolute Gasteiger partial charge is 0.163 e. The molecule has 4 nitrogen and oxygen atoms in total. The molecule has 2 aromatic rings. The zero-order chi connectivity index (χ0) is 18.9. The number of piperidine rings is 1. The Morgan fingerprint density at radius 1 is 1.07 bits per heavy atom. The molecule has 2 N–H and O–H groups in total. The van der Waals surface area contributed by atoms with Gasteiger partial charge in [0.1, 0.15) is 6.61 Å². The SMILES string of the molecule is CCOc1cc(CNCC2CCNCC2)c(Cl)cc1OCc1ccccc1. The van der Waals surface area contributed by atoms with Crippen LogP contribution in [0.1, 0.15) is 30.9 Å². The highest BCUT2D eigenvalue weighted by Gasteiger charge is 2.14. The van der Waals surface area contributed by atoms with E-state index < -0.39 is 0 Å². The summed E-state index contributed by atoms with van der Waals surface area (Å²) in [6.45, 7) is 7.06. The second-order valence-corrected chi connectivity index (χ2v) is 7.33. The summed E-state index contributed by atoms with van der Waals surface area (Å²) in [7, 11) is 0. The lowest BCUT2D eigenvalue weighted by molar-refractivity contribution is 0.269. The van der Waals surface area contributed by atoms with E-state index in [2.05, 4.69) is 10.6 Å². The molecule has 0 unspecified atom stereocenters. The van der Waals surface area contributed by atoms with Gasteiger partial charge in [0.15, 0.2) is 11.5 Å². The molecule has 0 amide bonds. The average molecular weight is 389 g/mol. The number of benzene rings is 2. The fourth-order valence-electron chi connectivity index (χ4n) is 3.33. The van der Waals surface area contributed by atoms with Gasteiger partial charge in [0.25, 0.3) is 0 Å². The van der Waals surface area contributed by atoms with Crippen molar-refractivity contribution in [2.24, 2.45) is 5.92 Å². The van der Waals surface area contributed by atoms with Gasteiger partial charge in [0.05, 0.1) is 6.61 Å². The van der Waals surface area contributed by atoms with Crippen molar-refractivity contribution >= 4 is 11.6 Å². The maximum absolute atomic E-state index is 6.52. The predicted molar refractivity (Wildman–Crippen MR) is 111 cm³/mol. The molecule has 0 radical (unpaired) electrons. The van der Waals surface area contributed by atoms with Crippen molar-refractivity contribution in [2.75, 3.05) is 26.2 Å². The lowest BCUT2D eigenvalue weighted by Gasteiger charge is -2.23. The molecular formula is C22H29ClN2O2. The molecule has 0 saturated carbocycles. The van der Waals surface area contributed by atoms with Crippen molar-refractivity contribution in [1.82, 2.24) is 10.6 Å². The summed E-state index contributed by atoms with van der Waals surface area (Å²) in [4.78, 5) is 0. The third-order valence-electron chi connectivity index (χ3n) is 4.86. The van der Waals surface area contributed by atoms with Gasteiger partial charge in [-0.15, -0.1) is 0 Å². The topological polar surface area (TPSA) is 42.5 Å². The summed E-state index contributed by atoms with van der Waals surface area (Å²) >= 11 is 6.52. The van der Waals surface area contributed by atoms with Crippen molar-refractivity contribution in [3.05, 3.63) is 58.6 Å². The summed E-state index contributed by atoms with van der Waals surface area (Å²) < 4.78 is 11.8. The van der Waals surface area contributed by atoms with Gasteiger partial charge in [0, 0.05) is 17.6 Å². The van der Waals surface area contributed by atoms with Crippen LogP contribution < -0.4 is 20.1 Å². The van der Waals surface area contributed by atoms with E-state index >= 15 is 0 Å². The van der Waals surface area contributed by atoms with Crippen molar-refractivity contribution in [2.45, 2.75) is 32.9 Å². The van der Waals surface area contributed by atoms with E-state index in [-0.39, 0.29) is 0 Å². The van der Waals surface area contributed by atoms with Crippen LogP contribution in [0.25, 0.3) is 0 Å². The summed E-state index contributed by atoms with van der Waals surface area (Å²) in [6, 6.07) is 14.0. The molecule has 3 rings (SSSR count). The normalized spacial score (nSPS) is 14.9. The monoisotopic (exact) mass is 388 g/mol. The zero-order valence-corrected chi connectivity index (χ0v) is 16.7. The van der Waals surface area contributed by atoms with Gasteiger partial charge < -0.3 is 20.1 Å². The zero-order valence-electron chi connectivity index (χ0n) is 16.0. The van der Waals surface area contributed by atoms with Crippen LogP contribution >= 0.6 is 11.6 Å². The van der Waals surface area contributed by atoms with Crippen LogP contribution in [0, 0.1) is 5.92 Å². The first kappa shape index (κ1) is 20.0. The molecule has 0 atom stereocenters. The Labute approximate surface area is 167 Å². The van der Waals surface area contributed by atoms with Crippen LogP contribution in [0.3, 0.4) is 0 Å². The van der Waals surface area contributed by atoms with Crippen LogP contribution in [0.5, 0.6) is 11.5 Å². The molecule has 0 bridgehead atoms. The number of hydrogen-bond acceptors (Lipinski definition) is 4. The molecule has 1 aliphatic heterocycles. The summed E-state index contributed by atoms with van der Waals surface area (Å²) in [5.74, 6) is 2.18. The van der Waals surface area contributed by atoms with Gasteiger partial charge in [-0.25, -0.2) is 0 Å². The van der Waals surface area contributed by atoms with E-state index in [0.29, 0.717) is 24.0 Å². The summed E-state index contributed by atoms with van der Waals surface area (Å²) in [5.41, 5.74) is 2.16. The molecule has 0 spiro atoms. The number of halogens is 1. The Hall–Kier alpha value is -1.75. The van der Waals surface area contributed by atoms with Crippen molar-refractivity contribution in [3.8, 4) is 11.5 Å². The summed E-state index contributed by atoms with van der Waals surface area (Å²) in [5, 5.41) is 7.66. The minimum absolute atomic E-state index is 0.491. The Morgan fingerprint density at radius 2 is 1.81 bits per heavy atom. The second-order valence-electron chi connectivity index (χ2n) is 6.92. The average Bonchev–Trinajstić information content (AvgIpc) is 2.71. The second kappa shape index (κ2) is 10.5. The molecule has 1 fully saturated rings. The van der Waals surface area contributed by atoms with Crippen molar-refractivity contribution < 1.29 is 9.47 Å². The van der Waals surface area contributed by atoms with E-state index in [1.807, 2.05) is 49.4 Å². The quantitative estimate of drug-likeness (QED) is 0.667. The molecule has 27 heavy (non-hydrogen) atoms. The van der Waals surface area contributed by atoms with E-state index in [1.165, 1.54) is 12.8 Å². The van der Waals surface area contributed by atoms with Gasteiger partial charge in [-0.05, 0) is 62.5 Å². The van der Waals surface area contributed by atoms with Gasteiger partial charge >= 0.3 is 0 Å². The largest absolute Gasteiger partial charge is 0.490 e. The van der Waals surface area contributed by atoms with Crippen LogP contribution in [0.4, 0.5) is 0 Å². The number of rotatable bonds is 9. The Morgan fingerprint density at radius 3 is 2.56 bits per heavy atom. The first-order valence-electron chi connectivity index (χ1n) is 9.79.